The van der Waals surface area contributed by atoms with Crippen LogP contribution in [0, 0.1) is 17.3 Å². The summed E-state index contributed by atoms with van der Waals surface area (Å²) in [7, 11) is 0. The Bertz CT molecular complexity index is 1020. The van der Waals surface area contributed by atoms with E-state index in [-0.39, 0.29) is 11.6 Å². The second-order valence-corrected chi connectivity index (χ2v) is 11.0. The Labute approximate surface area is 181 Å². The third-order valence-corrected chi connectivity index (χ3v) is 8.60. The van der Waals surface area contributed by atoms with Crippen LogP contribution in [-0.2, 0) is 5.75 Å². The number of likely N-dealkylation sites (tertiary alicyclic amines) is 1. The van der Waals surface area contributed by atoms with Gasteiger partial charge >= 0.3 is 0 Å². The lowest BCUT2D eigenvalue weighted by Gasteiger charge is -2.57. The number of hydrogen-bond donors (Lipinski definition) is 1. The Morgan fingerprint density at radius 3 is 2.80 bits per heavy atom. The van der Waals surface area contributed by atoms with E-state index in [1.165, 1.54) is 12.8 Å². The quantitative estimate of drug-likeness (QED) is 0.711. The largest absolute Gasteiger partial charge is 0.308 e. The number of aromatic amines is 1. The highest BCUT2D eigenvalue weighted by Crippen LogP contribution is 2.59. The second-order valence-electron chi connectivity index (χ2n) is 9.68. The molecule has 3 aliphatic carbocycles. The van der Waals surface area contributed by atoms with Crippen LogP contribution in [0.1, 0.15) is 58.3 Å². The summed E-state index contributed by atoms with van der Waals surface area (Å²) in [5.74, 6) is 4.09. The molecule has 0 spiro atoms. The van der Waals surface area contributed by atoms with Gasteiger partial charge in [0.05, 0.1) is 11.8 Å². The molecule has 0 aromatic carbocycles. The first kappa shape index (κ1) is 20.2. The molecule has 3 heterocycles. The van der Waals surface area contributed by atoms with E-state index >= 15 is 0 Å². The molecule has 1 N–H and O–H groups in total. The molecule has 2 bridgehead atoms. The van der Waals surface area contributed by atoms with Gasteiger partial charge in [-0.15, -0.1) is 5.10 Å². The fourth-order valence-corrected chi connectivity index (χ4v) is 6.17. The van der Waals surface area contributed by atoms with Crippen LogP contribution in [0.5, 0.6) is 0 Å². The minimum atomic E-state index is -0.180. The summed E-state index contributed by atoms with van der Waals surface area (Å²) >= 11 is 1.75. The lowest BCUT2D eigenvalue weighted by molar-refractivity contribution is -0.0115. The van der Waals surface area contributed by atoms with Gasteiger partial charge in [-0.3, -0.25) is 9.69 Å². The molecule has 30 heavy (non-hydrogen) atoms. The molecule has 7 nitrogen and oxygen atoms in total. The fraction of sp³-hybridized carbons (Fsp3) is 0.727. The molecule has 2 fully saturated rings. The highest BCUT2D eigenvalue weighted by Gasteiger charge is 2.51. The number of rotatable bonds is 6. The van der Waals surface area contributed by atoms with E-state index < -0.39 is 0 Å². The Balaban J connectivity index is 1.27. The molecule has 1 aliphatic heterocycles. The summed E-state index contributed by atoms with van der Waals surface area (Å²) in [6.45, 7) is 10.2. The third-order valence-electron chi connectivity index (χ3n) is 7.72. The van der Waals surface area contributed by atoms with E-state index in [4.69, 9.17) is 4.98 Å². The Morgan fingerprint density at radius 1 is 1.30 bits per heavy atom. The SMILES string of the molecule is CCSCc1nc2c(nnn2C2CCN(CC3=CCC4CC3C4(C)C)CC2)c(=O)[nH]1. The molecule has 1 saturated carbocycles. The van der Waals surface area contributed by atoms with Crippen molar-refractivity contribution in [1.29, 1.82) is 0 Å². The fourth-order valence-electron chi connectivity index (χ4n) is 5.63. The lowest BCUT2D eigenvalue weighted by Crippen LogP contribution is -2.50. The van der Waals surface area contributed by atoms with Gasteiger partial charge in [-0.05, 0) is 48.7 Å². The van der Waals surface area contributed by atoms with Gasteiger partial charge in [0.25, 0.3) is 5.56 Å². The van der Waals surface area contributed by atoms with E-state index in [9.17, 15) is 4.79 Å². The van der Waals surface area contributed by atoms with Crippen molar-refractivity contribution in [3.05, 3.63) is 27.8 Å². The first-order chi connectivity index (χ1) is 14.5. The lowest BCUT2D eigenvalue weighted by atomic mass is 9.49. The molecule has 8 heteroatoms. The number of nitrogens with zero attached hydrogens (tertiary/aromatic N) is 5. The highest BCUT2D eigenvalue weighted by molar-refractivity contribution is 7.98. The summed E-state index contributed by atoms with van der Waals surface area (Å²) in [6.07, 6.45) is 7.22. The molecular weight excluding hydrogens is 396 g/mol. The molecule has 2 unspecified atom stereocenters. The second kappa shape index (κ2) is 7.79. The molecular formula is C22H32N6OS. The number of H-pyrrole nitrogens is 1. The van der Waals surface area contributed by atoms with Crippen molar-refractivity contribution in [2.45, 2.75) is 58.2 Å². The van der Waals surface area contributed by atoms with Crippen LogP contribution in [0.15, 0.2) is 16.4 Å². The minimum absolute atomic E-state index is 0.180. The van der Waals surface area contributed by atoms with Crippen LogP contribution in [-0.4, -0.2) is 55.2 Å². The molecule has 1 saturated heterocycles. The van der Waals surface area contributed by atoms with E-state index in [0.717, 1.165) is 50.1 Å². The Kier molecular flexibility index (Phi) is 5.25. The monoisotopic (exact) mass is 428 g/mol. The van der Waals surface area contributed by atoms with Crippen LogP contribution in [0.25, 0.3) is 11.2 Å². The van der Waals surface area contributed by atoms with Crippen LogP contribution < -0.4 is 5.56 Å². The van der Waals surface area contributed by atoms with E-state index in [0.29, 0.717) is 28.2 Å². The average molecular weight is 429 g/mol. The number of allylic oxidation sites excluding steroid dienone is 1. The zero-order chi connectivity index (χ0) is 20.9. The number of fused-ring (bicyclic) bond motifs is 2. The first-order valence-corrected chi connectivity index (χ1v) is 12.5. The van der Waals surface area contributed by atoms with Gasteiger partial charge in [0.2, 0.25) is 0 Å². The van der Waals surface area contributed by atoms with Crippen LogP contribution in [0.4, 0.5) is 0 Å². The maximum Gasteiger partial charge on any atom is 0.281 e. The van der Waals surface area contributed by atoms with Crippen molar-refractivity contribution < 1.29 is 0 Å². The van der Waals surface area contributed by atoms with E-state index in [1.54, 1.807) is 17.3 Å². The molecule has 2 atom stereocenters. The molecule has 2 aromatic heterocycles. The van der Waals surface area contributed by atoms with Crippen molar-refractivity contribution in [3.63, 3.8) is 0 Å². The topological polar surface area (TPSA) is 79.7 Å². The Hall–Kier alpha value is -1.67. The van der Waals surface area contributed by atoms with Gasteiger partial charge < -0.3 is 4.98 Å². The van der Waals surface area contributed by atoms with Gasteiger partial charge in [0, 0.05) is 19.6 Å². The normalized spacial score (nSPS) is 26.6. The number of nitrogens with one attached hydrogen (secondary N) is 1. The molecule has 6 rings (SSSR count). The molecule has 0 radical (unpaired) electrons. The molecule has 2 aromatic rings. The molecule has 4 aliphatic rings. The molecule has 0 amide bonds. The van der Waals surface area contributed by atoms with Gasteiger partial charge in [-0.1, -0.05) is 37.6 Å². The van der Waals surface area contributed by atoms with Gasteiger partial charge in [0.1, 0.15) is 5.82 Å². The maximum atomic E-state index is 12.4. The summed E-state index contributed by atoms with van der Waals surface area (Å²) in [4.78, 5) is 22.5. The number of hydrogen-bond acceptors (Lipinski definition) is 6. The number of aromatic nitrogens is 5. The van der Waals surface area contributed by atoms with Gasteiger partial charge in [0.15, 0.2) is 11.2 Å². The van der Waals surface area contributed by atoms with Crippen molar-refractivity contribution in [3.8, 4) is 0 Å². The van der Waals surface area contributed by atoms with E-state index in [2.05, 4.69) is 47.0 Å². The Morgan fingerprint density at radius 2 is 2.10 bits per heavy atom. The highest BCUT2D eigenvalue weighted by atomic mass is 32.2. The van der Waals surface area contributed by atoms with E-state index in [1.807, 2.05) is 4.68 Å². The van der Waals surface area contributed by atoms with Gasteiger partial charge in [-0.25, -0.2) is 9.67 Å². The van der Waals surface area contributed by atoms with Crippen LogP contribution in [0.3, 0.4) is 0 Å². The van der Waals surface area contributed by atoms with Crippen LogP contribution >= 0.6 is 11.8 Å². The first-order valence-electron chi connectivity index (χ1n) is 11.3. The summed E-state index contributed by atoms with van der Waals surface area (Å²) in [6, 6.07) is 0.261. The van der Waals surface area contributed by atoms with Crippen molar-refractivity contribution in [1.82, 2.24) is 29.9 Å². The zero-order valence-electron chi connectivity index (χ0n) is 18.2. The summed E-state index contributed by atoms with van der Waals surface area (Å²) < 4.78 is 1.90. The predicted octanol–water partition coefficient (Wildman–Crippen LogP) is 3.40. The predicted molar refractivity (Wildman–Crippen MR) is 121 cm³/mol. The third kappa shape index (κ3) is 3.42. The average Bonchev–Trinajstić information content (AvgIpc) is 3.17. The minimum Gasteiger partial charge on any atom is -0.308 e. The zero-order valence-corrected chi connectivity index (χ0v) is 19.0. The standard InChI is InChI=1S/C22H32N6OS/c1-4-30-13-18-23-20-19(21(29)24-18)25-26-28(20)16-7-9-27(10-8-16)12-14-5-6-15-11-17(14)22(15,2)3/h5,15-17H,4,6-13H2,1-3H3,(H,23,24,29). The number of thioether (sulfide) groups is 1. The van der Waals surface area contributed by atoms with Crippen LogP contribution in [0.2, 0.25) is 0 Å². The van der Waals surface area contributed by atoms with Crippen molar-refractivity contribution in [2.24, 2.45) is 17.3 Å². The van der Waals surface area contributed by atoms with Crippen molar-refractivity contribution in [2.75, 3.05) is 25.4 Å². The maximum absolute atomic E-state index is 12.4. The number of piperidine rings is 1. The summed E-state index contributed by atoms with van der Waals surface area (Å²) in [5, 5.41) is 8.46. The van der Waals surface area contributed by atoms with Gasteiger partial charge in [-0.2, -0.15) is 11.8 Å². The summed E-state index contributed by atoms with van der Waals surface area (Å²) in [5.41, 5.74) is 2.98. The smallest absolute Gasteiger partial charge is 0.281 e. The molecule has 162 valence electrons. The van der Waals surface area contributed by atoms with Crippen molar-refractivity contribution >= 4 is 22.9 Å².